The number of amides is 3. The lowest BCUT2D eigenvalue weighted by atomic mass is 10.1. The van der Waals surface area contributed by atoms with Gasteiger partial charge in [-0.15, -0.1) is 11.3 Å². The highest BCUT2D eigenvalue weighted by Crippen LogP contribution is 2.33. The van der Waals surface area contributed by atoms with Gasteiger partial charge in [-0.1, -0.05) is 23.7 Å². The fourth-order valence-corrected chi connectivity index (χ4v) is 5.71. The van der Waals surface area contributed by atoms with Gasteiger partial charge in [0.25, 0.3) is 0 Å². The fourth-order valence-electron chi connectivity index (χ4n) is 4.60. The Balaban J connectivity index is 1.33. The number of benzene rings is 2. The van der Waals surface area contributed by atoms with E-state index in [-0.39, 0.29) is 25.3 Å². The summed E-state index contributed by atoms with van der Waals surface area (Å²) < 4.78 is 16.5. The lowest BCUT2D eigenvalue weighted by Crippen LogP contribution is -2.48. The van der Waals surface area contributed by atoms with Gasteiger partial charge in [0.2, 0.25) is 12.7 Å². The number of hydrogen-bond donors (Lipinski definition) is 1. The molecule has 3 aromatic rings. The molecule has 0 atom stereocenters. The molecular formula is C29H33ClN4O5S. The Morgan fingerprint density at radius 2 is 1.85 bits per heavy atom. The van der Waals surface area contributed by atoms with E-state index in [9.17, 15) is 9.59 Å². The van der Waals surface area contributed by atoms with Gasteiger partial charge < -0.3 is 29.3 Å². The van der Waals surface area contributed by atoms with Gasteiger partial charge >= 0.3 is 6.03 Å². The topological polar surface area (TPSA) is 83.6 Å². The lowest BCUT2D eigenvalue weighted by molar-refractivity contribution is -0.133. The number of thiophene rings is 1. The summed E-state index contributed by atoms with van der Waals surface area (Å²) in [5, 5.41) is 5.46. The zero-order valence-corrected chi connectivity index (χ0v) is 24.0. The summed E-state index contributed by atoms with van der Waals surface area (Å²) >= 11 is 7.75. The first-order chi connectivity index (χ1) is 19.4. The Labute approximate surface area is 243 Å². The van der Waals surface area contributed by atoms with E-state index in [1.165, 1.54) is 0 Å². The minimum atomic E-state index is -0.348. The molecular weight excluding hydrogens is 552 g/mol. The highest BCUT2D eigenvalue weighted by molar-refractivity contribution is 7.10. The first kappa shape index (κ1) is 28.2. The zero-order valence-electron chi connectivity index (χ0n) is 22.4. The molecule has 9 nitrogen and oxygen atoms in total. The molecule has 212 valence electrons. The van der Waals surface area contributed by atoms with Gasteiger partial charge in [0, 0.05) is 48.3 Å². The molecule has 3 amide bonds. The van der Waals surface area contributed by atoms with Crippen molar-refractivity contribution in [1.82, 2.24) is 14.7 Å². The SMILES string of the molecule is Cc1ccsc1CN(Cc1ccc2c(c1)OCO2)C(=O)CN(CCN1CCOCC1)C(=O)Nc1cccc(Cl)c1. The highest BCUT2D eigenvalue weighted by atomic mass is 35.5. The molecule has 1 aromatic heterocycles. The third kappa shape index (κ3) is 7.45. The largest absolute Gasteiger partial charge is 0.454 e. The number of urea groups is 1. The van der Waals surface area contributed by atoms with Crippen LogP contribution in [-0.4, -0.2) is 79.4 Å². The third-order valence-corrected chi connectivity index (χ3v) is 8.19. The van der Waals surface area contributed by atoms with E-state index < -0.39 is 0 Å². The van der Waals surface area contributed by atoms with Crippen LogP contribution in [0.4, 0.5) is 10.5 Å². The summed E-state index contributed by atoms with van der Waals surface area (Å²) in [5.74, 6) is 1.22. The predicted octanol–water partition coefficient (Wildman–Crippen LogP) is 4.83. The number of nitrogens with one attached hydrogen (secondary N) is 1. The fraction of sp³-hybridized carbons (Fsp3) is 0.379. The molecule has 2 aromatic carbocycles. The van der Waals surface area contributed by atoms with Crippen LogP contribution in [-0.2, 0) is 22.6 Å². The Morgan fingerprint density at radius 3 is 2.62 bits per heavy atom. The number of halogens is 1. The Kier molecular flexibility index (Phi) is 9.43. The van der Waals surface area contributed by atoms with E-state index >= 15 is 0 Å². The number of aryl methyl sites for hydroxylation is 1. The number of ether oxygens (including phenoxy) is 3. The van der Waals surface area contributed by atoms with Crippen molar-refractivity contribution in [3.05, 3.63) is 74.9 Å². The van der Waals surface area contributed by atoms with Crippen LogP contribution in [0.3, 0.4) is 0 Å². The van der Waals surface area contributed by atoms with Gasteiger partial charge in [-0.2, -0.15) is 0 Å². The maximum absolute atomic E-state index is 13.9. The number of carbonyl (C=O) groups is 2. The predicted molar refractivity (Wildman–Crippen MR) is 155 cm³/mol. The molecule has 0 unspecified atom stereocenters. The maximum atomic E-state index is 13.9. The summed E-state index contributed by atoms with van der Waals surface area (Å²) in [7, 11) is 0. The number of morpholine rings is 1. The number of nitrogens with zero attached hydrogens (tertiary/aromatic N) is 3. The molecule has 0 aliphatic carbocycles. The molecule has 0 radical (unpaired) electrons. The van der Waals surface area contributed by atoms with Gasteiger partial charge in [0.15, 0.2) is 11.5 Å². The van der Waals surface area contributed by atoms with Gasteiger partial charge in [0.1, 0.15) is 6.54 Å². The molecule has 0 spiro atoms. The van der Waals surface area contributed by atoms with Crippen LogP contribution in [0.25, 0.3) is 0 Å². The van der Waals surface area contributed by atoms with E-state index in [0.717, 1.165) is 29.1 Å². The number of fused-ring (bicyclic) bond motifs is 1. The molecule has 1 fully saturated rings. The standard InChI is InChI=1S/C29H33ClN4O5S/c1-21-7-14-40-27(21)18-34(17-22-5-6-25-26(15-22)39-20-38-25)28(35)19-33(9-8-32-10-12-37-13-11-32)29(36)31-24-4-2-3-23(30)16-24/h2-7,14-16H,8-13,17-20H2,1H3,(H,31,36). The third-order valence-electron chi connectivity index (χ3n) is 6.94. The van der Waals surface area contributed by atoms with E-state index in [0.29, 0.717) is 61.6 Å². The maximum Gasteiger partial charge on any atom is 0.322 e. The van der Waals surface area contributed by atoms with Crippen molar-refractivity contribution in [2.24, 2.45) is 0 Å². The van der Waals surface area contributed by atoms with Crippen LogP contribution < -0.4 is 14.8 Å². The van der Waals surface area contributed by atoms with Crippen molar-refractivity contribution < 1.29 is 23.8 Å². The van der Waals surface area contributed by atoms with Gasteiger partial charge in [-0.3, -0.25) is 9.69 Å². The number of hydrogen-bond acceptors (Lipinski definition) is 7. The second-order valence-corrected chi connectivity index (χ2v) is 11.2. The zero-order chi connectivity index (χ0) is 27.9. The molecule has 11 heteroatoms. The Bertz CT molecular complexity index is 1330. The van der Waals surface area contributed by atoms with Crippen molar-refractivity contribution >= 4 is 40.6 Å². The van der Waals surface area contributed by atoms with Gasteiger partial charge in [0.05, 0.1) is 19.8 Å². The van der Waals surface area contributed by atoms with Crippen LogP contribution in [0.15, 0.2) is 53.9 Å². The summed E-state index contributed by atoms with van der Waals surface area (Å²) in [5.41, 5.74) is 2.64. The number of anilines is 1. The van der Waals surface area contributed by atoms with Crippen LogP contribution in [0.2, 0.25) is 5.02 Å². The van der Waals surface area contributed by atoms with Crippen LogP contribution in [0.5, 0.6) is 11.5 Å². The van der Waals surface area contributed by atoms with Crippen molar-refractivity contribution in [3.8, 4) is 11.5 Å². The summed E-state index contributed by atoms with van der Waals surface area (Å²) in [4.78, 5) is 34.1. The van der Waals surface area contributed by atoms with Crippen molar-refractivity contribution in [2.75, 3.05) is 58.0 Å². The molecule has 40 heavy (non-hydrogen) atoms. The van der Waals surface area contributed by atoms with Crippen molar-refractivity contribution in [2.45, 2.75) is 20.0 Å². The van der Waals surface area contributed by atoms with E-state index in [1.54, 1.807) is 45.4 Å². The molecule has 1 N–H and O–H groups in total. The van der Waals surface area contributed by atoms with Gasteiger partial charge in [-0.25, -0.2) is 4.79 Å². The monoisotopic (exact) mass is 584 g/mol. The average Bonchev–Trinajstić information content (AvgIpc) is 3.59. The molecule has 5 rings (SSSR count). The van der Waals surface area contributed by atoms with Crippen LogP contribution in [0.1, 0.15) is 16.0 Å². The molecule has 1 saturated heterocycles. The molecule has 0 bridgehead atoms. The van der Waals surface area contributed by atoms with Crippen molar-refractivity contribution in [3.63, 3.8) is 0 Å². The second-order valence-electron chi connectivity index (χ2n) is 9.78. The van der Waals surface area contributed by atoms with E-state index in [2.05, 4.69) is 16.3 Å². The van der Waals surface area contributed by atoms with Crippen LogP contribution in [0, 0.1) is 6.92 Å². The molecule has 0 saturated carbocycles. The minimum absolute atomic E-state index is 0.0638. The Morgan fingerprint density at radius 1 is 1.02 bits per heavy atom. The van der Waals surface area contributed by atoms with Crippen LogP contribution >= 0.6 is 22.9 Å². The summed E-state index contributed by atoms with van der Waals surface area (Å²) in [6.45, 7) is 6.96. The van der Waals surface area contributed by atoms with Crippen molar-refractivity contribution in [1.29, 1.82) is 0 Å². The van der Waals surface area contributed by atoms with E-state index in [1.807, 2.05) is 30.5 Å². The summed E-state index contributed by atoms with van der Waals surface area (Å²) in [6, 6.07) is 14.4. The highest BCUT2D eigenvalue weighted by Gasteiger charge is 2.25. The first-order valence-corrected chi connectivity index (χ1v) is 14.5. The van der Waals surface area contributed by atoms with Gasteiger partial charge in [-0.05, 0) is 59.8 Å². The molecule has 3 heterocycles. The number of rotatable bonds is 10. The Hall–Kier alpha value is -3.31. The second kappa shape index (κ2) is 13.4. The quantitative estimate of drug-likeness (QED) is 0.367. The normalized spacial score (nSPS) is 14.7. The summed E-state index contributed by atoms with van der Waals surface area (Å²) in [6.07, 6.45) is 0. The first-order valence-electron chi connectivity index (χ1n) is 13.3. The smallest absolute Gasteiger partial charge is 0.322 e. The number of carbonyl (C=O) groups excluding carboxylic acids is 2. The molecule has 2 aliphatic heterocycles. The average molecular weight is 585 g/mol. The minimum Gasteiger partial charge on any atom is -0.454 e. The molecule has 2 aliphatic rings. The van der Waals surface area contributed by atoms with E-state index in [4.69, 9.17) is 25.8 Å². The lowest BCUT2D eigenvalue weighted by Gasteiger charge is -2.31.